The van der Waals surface area contributed by atoms with E-state index in [1.54, 1.807) is 18.5 Å². The minimum absolute atomic E-state index is 0.342. The summed E-state index contributed by atoms with van der Waals surface area (Å²) in [5, 5.41) is 10.2. The maximum Gasteiger partial charge on any atom is 0.329 e. The number of aromatic nitrogens is 4. The van der Waals surface area contributed by atoms with Crippen molar-refractivity contribution in [2.24, 2.45) is 7.05 Å². The van der Waals surface area contributed by atoms with Crippen LogP contribution in [0.1, 0.15) is 18.1 Å². The predicted molar refractivity (Wildman–Crippen MR) is 98.3 cm³/mol. The fraction of sp³-hybridized carbons (Fsp3) is 0.353. The molecule has 3 rings (SSSR count). The van der Waals surface area contributed by atoms with Crippen LogP contribution in [0.5, 0.6) is 0 Å². The number of hydrogen-bond acceptors (Lipinski definition) is 5. The van der Waals surface area contributed by atoms with E-state index < -0.39 is 17.4 Å². The molecule has 8 heteroatoms. The average molecular weight is 360 g/mol. The first-order valence-corrected chi connectivity index (χ1v) is 8.91. The van der Waals surface area contributed by atoms with Gasteiger partial charge in [-0.2, -0.15) is 0 Å². The van der Waals surface area contributed by atoms with Crippen molar-refractivity contribution in [1.29, 1.82) is 0 Å². The maximum atomic E-state index is 12.4. The Hall–Kier alpha value is -2.32. The molecular formula is C17H20N4O3S. The Morgan fingerprint density at radius 2 is 1.96 bits per heavy atom. The van der Waals surface area contributed by atoms with Crippen LogP contribution in [0.15, 0.2) is 39.0 Å². The van der Waals surface area contributed by atoms with Crippen molar-refractivity contribution < 1.29 is 5.11 Å². The van der Waals surface area contributed by atoms with E-state index in [0.29, 0.717) is 28.6 Å². The molecule has 0 radical (unpaired) electrons. The molecule has 1 aromatic carbocycles. The van der Waals surface area contributed by atoms with Gasteiger partial charge in [0.2, 0.25) is 0 Å². The number of aliphatic hydroxyl groups is 1. The van der Waals surface area contributed by atoms with Crippen molar-refractivity contribution in [3.63, 3.8) is 0 Å². The monoisotopic (exact) mass is 360 g/mol. The highest BCUT2D eigenvalue weighted by molar-refractivity contribution is 7.99. The fourth-order valence-corrected chi connectivity index (χ4v) is 3.40. The number of benzene rings is 1. The van der Waals surface area contributed by atoms with E-state index in [1.807, 2.05) is 31.2 Å². The molecule has 2 aromatic heterocycles. The summed E-state index contributed by atoms with van der Waals surface area (Å²) in [4.78, 5) is 31.0. The quantitative estimate of drug-likeness (QED) is 0.668. The zero-order chi connectivity index (χ0) is 18.1. The highest BCUT2D eigenvalue weighted by Gasteiger charge is 2.18. The molecule has 0 fully saturated rings. The molecule has 0 bridgehead atoms. The number of aliphatic hydroxyl groups excluding tert-OH is 1. The second kappa shape index (κ2) is 6.89. The van der Waals surface area contributed by atoms with E-state index in [9.17, 15) is 14.7 Å². The van der Waals surface area contributed by atoms with Crippen LogP contribution in [0.25, 0.3) is 11.2 Å². The van der Waals surface area contributed by atoms with Gasteiger partial charge in [-0.15, -0.1) is 0 Å². The number of rotatable bonds is 5. The molecule has 2 N–H and O–H groups in total. The molecule has 25 heavy (non-hydrogen) atoms. The van der Waals surface area contributed by atoms with Gasteiger partial charge in [-0.1, -0.05) is 41.6 Å². The average Bonchev–Trinajstić information content (AvgIpc) is 2.92. The number of nitrogens with zero attached hydrogens (tertiary/aromatic N) is 3. The lowest BCUT2D eigenvalue weighted by Crippen LogP contribution is -2.29. The van der Waals surface area contributed by atoms with Gasteiger partial charge in [0.05, 0.1) is 12.6 Å². The van der Waals surface area contributed by atoms with Gasteiger partial charge in [0.25, 0.3) is 5.56 Å². The highest BCUT2D eigenvalue weighted by Crippen LogP contribution is 2.23. The Bertz CT molecular complexity index is 1020. The molecule has 0 aliphatic carbocycles. The number of aryl methyl sites for hydroxylation is 2. The van der Waals surface area contributed by atoms with Gasteiger partial charge in [0.1, 0.15) is 0 Å². The van der Waals surface area contributed by atoms with Crippen molar-refractivity contribution in [2.75, 3.05) is 5.75 Å². The van der Waals surface area contributed by atoms with Crippen LogP contribution < -0.4 is 11.2 Å². The van der Waals surface area contributed by atoms with E-state index in [0.717, 1.165) is 11.1 Å². The van der Waals surface area contributed by atoms with Gasteiger partial charge in [0.15, 0.2) is 16.3 Å². The maximum absolute atomic E-state index is 12.4. The minimum Gasteiger partial charge on any atom is -0.393 e. The summed E-state index contributed by atoms with van der Waals surface area (Å²) in [7, 11) is 1.58. The van der Waals surface area contributed by atoms with Crippen molar-refractivity contribution in [1.82, 2.24) is 19.1 Å². The van der Waals surface area contributed by atoms with Gasteiger partial charge < -0.3 is 9.67 Å². The normalized spacial score (nSPS) is 12.6. The van der Waals surface area contributed by atoms with E-state index in [4.69, 9.17) is 0 Å². The van der Waals surface area contributed by atoms with Gasteiger partial charge in [-0.25, -0.2) is 9.78 Å². The third kappa shape index (κ3) is 3.54. The summed E-state index contributed by atoms with van der Waals surface area (Å²) < 4.78 is 3.13. The molecule has 0 saturated heterocycles. The lowest BCUT2D eigenvalue weighted by molar-refractivity contribution is 0.220. The molecule has 0 spiro atoms. The lowest BCUT2D eigenvalue weighted by Gasteiger charge is -2.09. The minimum atomic E-state index is -0.500. The van der Waals surface area contributed by atoms with Crippen molar-refractivity contribution in [2.45, 2.75) is 31.7 Å². The van der Waals surface area contributed by atoms with Gasteiger partial charge in [-0.05, 0) is 19.4 Å². The molecule has 2 heterocycles. The number of hydrogen-bond donors (Lipinski definition) is 2. The van der Waals surface area contributed by atoms with Crippen molar-refractivity contribution in [3.8, 4) is 0 Å². The molecule has 0 unspecified atom stereocenters. The topological polar surface area (TPSA) is 92.9 Å². The van der Waals surface area contributed by atoms with Crippen LogP contribution in [-0.2, 0) is 13.6 Å². The third-order valence-corrected chi connectivity index (χ3v) is 5.11. The van der Waals surface area contributed by atoms with E-state index in [1.165, 1.54) is 16.3 Å². The van der Waals surface area contributed by atoms with Crippen LogP contribution in [0.4, 0.5) is 0 Å². The predicted octanol–water partition coefficient (Wildman–Crippen LogP) is 1.25. The number of aromatic amines is 1. The summed E-state index contributed by atoms with van der Waals surface area (Å²) in [5.74, 6) is 0.447. The number of H-pyrrole nitrogens is 1. The summed E-state index contributed by atoms with van der Waals surface area (Å²) in [6, 6.07) is 8.02. The van der Waals surface area contributed by atoms with Crippen molar-refractivity contribution >= 4 is 22.9 Å². The second-order valence-electron chi connectivity index (χ2n) is 6.12. The van der Waals surface area contributed by atoms with Gasteiger partial charge >= 0.3 is 5.69 Å². The zero-order valence-corrected chi connectivity index (χ0v) is 15.1. The Morgan fingerprint density at radius 3 is 2.60 bits per heavy atom. The molecule has 3 aromatic rings. The van der Waals surface area contributed by atoms with Gasteiger partial charge in [0, 0.05) is 12.8 Å². The molecule has 0 aliphatic rings. The van der Waals surface area contributed by atoms with Crippen LogP contribution in [0.3, 0.4) is 0 Å². The fourth-order valence-electron chi connectivity index (χ4n) is 2.54. The van der Waals surface area contributed by atoms with Crippen LogP contribution >= 0.6 is 11.8 Å². The molecule has 7 nitrogen and oxygen atoms in total. The van der Waals surface area contributed by atoms with Gasteiger partial charge in [-0.3, -0.25) is 14.3 Å². The molecule has 132 valence electrons. The number of fused-ring (bicyclic) bond motifs is 1. The third-order valence-electron chi connectivity index (χ3n) is 3.89. The summed E-state index contributed by atoms with van der Waals surface area (Å²) in [6.07, 6.45) is -0.500. The van der Waals surface area contributed by atoms with Crippen LogP contribution in [0, 0.1) is 6.92 Å². The standard InChI is InChI=1S/C17H20N4O3S/c1-10-4-6-12(7-5-10)8-21-13-14(18-17(21)25-9-11(2)22)20(3)16(24)19-15(13)23/h4-7,11,22H,8-9H2,1-3H3,(H,19,23,24)/t11-/m1/s1. The first kappa shape index (κ1) is 17.5. The molecule has 0 aliphatic heterocycles. The Balaban J connectivity index is 2.16. The smallest absolute Gasteiger partial charge is 0.329 e. The summed E-state index contributed by atoms with van der Waals surface area (Å²) >= 11 is 1.36. The van der Waals surface area contributed by atoms with Crippen LogP contribution in [-0.4, -0.2) is 36.1 Å². The zero-order valence-electron chi connectivity index (χ0n) is 14.3. The Morgan fingerprint density at radius 1 is 1.28 bits per heavy atom. The second-order valence-corrected chi connectivity index (χ2v) is 7.10. The van der Waals surface area contributed by atoms with E-state index >= 15 is 0 Å². The highest BCUT2D eigenvalue weighted by atomic mass is 32.2. The van der Waals surface area contributed by atoms with E-state index in [2.05, 4.69) is 9.97 Å². The Labute approximate surface area is 148 Å². The first-order valence-electron chi connectivity index (χ1n) is 7.92. The molecule has 1 atom stereocenters. The number of nitrogens with one attached hydrogen (secondary N) is 1. The lowest BCUT2D eigenvalue weighted by atomic mass is 10.1. The SMILES string of the molecule is Cc1ccc(Cn2c(SC[C@@H](C)O)nc3c2c(=O)[nH]c(=O)n3C)cc1. The largest absolute Gasteiger partial charge is 0.393 e. The van der Waals surface area contributed by atoms with Crippen molar-refractivity contribution in [3.05, 3.63) is 56.2 Å². The van der Waals surface area contributed by atoms with Crippen LogP contribution in [0.2, 0.25) is 0 Å². The molecule has 0 amide bonds. The van der Waals surface area contributed by atoms with E-state index in [-0.39, 0.29) is 0 Å². The Kier molecular flexibility index (Phi) is 4.82. The first-order chi connectivity index (χ1) is 11.9. The molecular weight excluding hydrogens is 340 g/mol. The summed E-state index contributed by atoms with van der Waals surface area (Å²) in [6.45, 7) is 4.17. The molecule has 0 saturated carbocycles. The summed E-state index contributed by atoms with van der Waals surface area (Å²) in [5.41, 5.74) is 1.93. The number of thioether (sulfide) groups is 1. The number of imidazole rings is 1.